The standard InChI is InChI=1S/C8H15/c1-4-6-7-8(3)5-2/h4,8H,1-2,5-7H2,3H3. The van der Waals surface area contributed by atoms with Gasteiger partial charge in [-0.25, -0.2) is 0 Å². The van der Waals surface area contributed by atoms with Crippen molar-refractivity contribution in [2.75, 3.05) is 0 Å². The molecule has 0 aromatic heterocycles. The summed E-state index contributed by atoms with van der Waals surface area (Å²) in [6, 6.07) is 0. The van der Waals surface area contributed by atoms with Crippen molar-refractivity contribution in [1.29, 1.82) is 0 Å². The summed E-state index contributed by atoms with van der Waals surface area (Å²) in [5.41, 5.74) is 0. The zero-order valence-corrected chi connectivity index (χ0v) is 5.69. The maximum Gasteiger partial charge on any atom is -0.0351 e. The number of allylic oxidation sites excluding steroid dienone is 1. The second-order valence-corrected chi connectivity index (χ2v) is 2.26. The Morgan fingerprint density at radius 2 is 2.25 bits per heavy atom. The zero-order chi connectivity index (χ0) is 6.41. The molecule has 0 heterocycles. The molecular formula is C8H15. The topological polar surface area (TPSA) is 0 Å². The van der Waals surface area contributed by atoms with E-state index in [2.05, 4.69) is 20.4 Å². The van der Waals surface area contributed by atoms with E-state index in [9.17, 15) is 0 Å². The van der Waals surface area contributed by atoms with Crippen LogP contribution in [0.15, 0.2) is 12.7 Å². The Kier molecular flexibility index (Phi) is 4.73. The van der Waals surface area contributed by atoms with E-state index >= 15 is 0 Å². The van der Waals surface area contributed by atoms with Crippen LogP contribution in [0.5, 0.6) is 0 Å². The maximum atomic E-state index is 3.80. The molecule has 0 aromatic rings. The number of hydrogen-bond acceptors (Lipinski definition) is 0. The van der Waals surface area contributed by atoms with Crippen molar-refractivity contribution >= 4 is 0 Å². The summed E-state index contributed by atoms with van der Waals surface area (Å²) >= 11 is 0. The Morgan fingerprint density at radius 1 is 1.62 bits per heavy atom. The van der Waals surface area contributed by atoms with Crippen molar-refractivity contribution in [2.45, 2.75) is 26.2 Å². The average molecular weight is 111 g/mol. The molecule has 1 unspecified atom stereocenters. The van der Waals surface area contributed by atoms with Crippen LogP contribution in [0.2, 0.25) is 0 Å². The van der Waals surface area contributed by atoms with Gasteiger partial charge in [-0.3, -0.25) is 0 Å². The SMILES string of the molecule is [CH2]CC(C)CCC=C. The molecule has 0 bridgehead atoms. The molecule has 0 rings (SSSR count). The first-order chi connectivity index (χ1) is 3.81. The summed E-state index contributed by atoms with van der Waals surface area (Å²) in [6.45, 7) is 9.67. The predicted octanol–water partition coefficient (Wildman–Crippen LogP) is 2.81. The molecule has 0 aliphatic rings. The second-order valence-electron chi connectivity index (χ2n) is 2.26. The van der Waals surface area contributed by atoms with Crippen LogP contribution >= 0.6 is 0 Å². The van der Waals surface area contributed by atoms with E-state index < -0.39 is 0 Å². The van der Waals surface area contributed by atoms with E-state index in [-0.39, 0.29) is 0 Å². The fourth-order valence-corrected chi connectivity index (χ4v) is 0.547. The van der Waals surface area contributed by atoms with Crippen LogP contribution in [-0.2, 0) is 0 Å². The lowest BCUT2D eigenvalue weighted by Gasteiger charge is -2.03. The monoisotopic (exact) mass is 111 g/mol. The summed E-state index contributed by atoms with van der Waals surface area (Å²) in [7, 11) is 0. The Labute approximate surface area is 52.6 Å². The summed E-state index contributed by atoms with van der Waals surface area (Å²) in [5.74, 6) is 0.771. The molecule has 0 amide bonds. The van der Waals surface area contributed by atoms with Crippen molar-refractivity contribution in [3.8, 4) is 0 Å². The molecule has 0 saturated carbocycles. The Hall–Kier alpha value is -0.260. The lowest BCUT2D eigenvalue weighted by atomic mass is 10.0. The van der Waals surface area contributed by atoms with Gasteiger partial charge in [0.1, 0.15) is 0 Å². The molecule has 8 heavy (non-hydrogen) atoms. The zero-order valence-electron chi connectivity index (χ0n) is 5.69. The van der Waals surface area contributed by atoms with Gasteiger partial charge in [0.25, 0.3) is 0 Å². The summed E-state index contributed by atoms with van der Waals surface area (Å²) < 4.78 is 0. The van der Waals surface area contributed by atoms with Crippen molar-refractivity contribution in [3.63, 3.8) is 0 Å². The van der Waals surface area contributed by atoms with Crippen LogP contribution in [0.3, 0.4) is 0 Å². The minimum atomic E-state index is 0.771. The van der Waals surface area contributed by atoms with Gasteiger partial charge in [-0.1, -0.05) is 26.3 Å². The summed E-state index contributed by atoms with van der Waals surface area (Å²) in [6.07, 6.45) is 5.39. The molecule has 0 N–H and O–H groups in total. The first-order valence-corrected chi connectivity index (χ1v) is 3.21. The van der Waals surface area contributed by atoms with E-state index in [4.69, 9.17) is 0 Å². The van der Waals surface area contributed by atoms with Crippen LogP contribution in [-0.4, -0.2) is 0 Å². The van der Waals surface area contributed by atoms with Gasteiger partial charge in [0.2, 0.25) is 0 Å². The molecule has 0 aromatic carbocycles. The van der Waals surface area contributed by atoms with E-state index in [1.54, 1.807) is 0 Å². The quantitative estimate of drug-likeness (QED) is 0.489. The molecule has 0 nitrogen and oxygen atoms in total. The van der Waals surface area contributed by atoms with Gasteiger partial charge in [0.15, 0.2) is 0 Å². The molecule has 0 saturated heterocycles. The van der Waals surface area contributed by atoms with Crippen LogP contribution < -0.4 is 0 Å². The Morgan fingerprint density at radius 3 is 2.62 bits per heavy atom. The number of rotatable bonds is 4. The average Bonchev–Trinajstić information content (AvgIpc) is 1.83. The largest absolute Gasteiger partial charge is 0.103 e. The third-order valence-electron chi connectivity index (χ3n) is 1.36. The van der Waals surface area contributed by atoms with Crippen molar-refractivity contribution in [1.82, 2.24) is 0 Å². The van der Waals surface area contributed by atoms with Crippen molar-refractivity contribution in [2.24, 2.45) is 5.92 Å². The van der Waals surface area contributed by atoms with Crippen molar-refractivity contribution < 1.29 is 0 Å². The lowest BCUT2D eigenvalue weighted by molar-refractivity contribution is 0.545. The second kappa shape index (κ2) is 4.89. The first kappa shape index (κ1) is 7.74. The molecule has 0 heteroatoms. The first-order valence-electron chi connectivity index (χ1n) is 3.21. The fourth-order valence-electron chi connectivity index (χ4n) is 0.547. The summed E-state index contributed by atoms with van der Waals surface area (Å²) in [5, 5.41) is 0. The third kappa shape index (κ3) is 3.91. The molecular weight excluding hydrogens is 96.1 g/mol. The van der Waals surface area contributed by atoms with Crippen LogP contribution in [0.4, 0.5) is 0 Å². The smallest absolute Gasteiger partial charge is 0.0351 e. The number of hydrogen-bond donors (Lipinski definition) is 0. The Bertz CT molecular complexity index is 55.1. The third-order valence-corrected chi connectivity index (χ3v) is 1.36. The highest BCUT2D eigenvalue weighted by molar-refractivity contribution is 4.68. The summed E-state index contributed by atoms with van der Waals surface area (Å²) in [4.78, 5) is 0. The van der Waals surface area contributed by atoms with Crippen molar-refractivity contribution in [3.05, 3.63) is 19.6 Å². The van der Waals surface area contributed by atoms with Crippen LogP contribution in [0, 0.1) is 12.8 Å². The van der Waals surface area contributed by atoms with E-state index in [1.807, 2.05) is 6.08 Å². The predicted molar refractivity (Wildman–Crippen MR) is 38.6 cm³/mol. The van der Waals surface area contributed by atoms with E-state index in [1.165, 1.54) is 6.42 Å². The van der Waals surface area contributed by atoms with Crippen LogP contribution in [0.25, 0.3) is 0 Å². The van der Waals surface area contributed by atoms with E-state index in [0.29, 0.717) is 0 Å². The van der Waals surface area contributed by atoms with Crippen LogP contribution in [0.1, 0.15) is 26.2 Å². The molecule has 0 aliphatic heterocycles. The van der Waals surface area contributed by atoms with Gasteiger partial charge in [0.05, 0.1) is 0 Å². The minimum absolute atomic E-state index is 0.771. The minimum Gasteiger partial charge on any atom is -0.103 e. The molecule has 0 aliphatic carbocycles. The van der Waals surface area contributed by atoms with E-state index in [0.717, 1.165) is 18.8 Å². The molecule has 1 atom stereocenters. The van der Waals surface area contributed by atoms with Gasteiger partial charge in [-0.15, -0.1) is 6.58 Å². The van der Waals surface area contributed by atoms with Gasteiger partial charge < -0.3 is 0 Å². The fraction of sp³-hybridized carbons (Fsp3) is 0.625. The molecule has 1 radical (unpaired) electrons. The normalized spacial score (nSPS) is 13.2. The van der Waals surface area contributed by atoms with Gasteiger partial charge in [-0.05, 0) is 18.8 Å². The lowest BCUT2D eigenvalue weighted by Crippen LogP contribution is -1.89. The molecule has 47 valence electrons. The maximum absolute atomic E-state index is 3.80. The highest BCUT2D eigenvalue weighted by Crippen LogP contribution is 2.08. The Balaban J connectivity index is 2.97. The van der Waals surface area contributed by atoms with Gasteiger partial charge in [0, 0.05) is 0 Å². The molecule has 0 fully saturated rings. The highest BCUT2D eigenvalue weighted by atomic mass is 14.0. The van der Waals surface area contributed by atoms with Gasteiger partial charge in [-0.2, -0.15) is 0 Å². The highest BCUT2D eigenvalue weighted by Gasteiger charge is 1.93. The van der Waals surface area contributed by atoms with Gasteiger partial charge >= 0.3 is 0 Å². The molecule has 0 spiro atoms.